The van der Waals surface area contributed by atoms with Gasteiger partial charge in [-0.3, -0.25) is 0 Å². The lowest BCUT2D eigenvalue weighted by molar-refractivity contribution is -0.139. The number of nitrogens with zero attached hydrogens (tertiary/aromatic N) is 3. The number of carbonyl (C=O) groups is 1. The molecular formula is C6H7N3O2. The molecule has 0 saturated carbocycles. The highest BCUT2D eigenvalue weighted by Gasteiger charge is 2.14. The molecule has 0 saturated heterocycles. The van der Waals surface area contributed by atoms with Gasteiger partial charge in [-0.1, -0.05) is 6.08 Å². The van der Waals surface area contributed by atoms with Crippen molar-refractivity contribution < 1.29 is 9.90 Å². The van der Waals surface area contributed by atoms with Crippen LogP contribution in [0.25, 0.3) is 0 Å². The predicted octanol–water partition coefficient (Wildman–Crippen LogP) is 0.0898. The molecule has 0 aliphatic heterocycles. The quantitative estimate of drug-likeness (QED) is 0.625. The summed E-state index contributed by atoms with van der Waals surface area (Å²) in [5.41, 5.74) is 0. The minimum absolute atomic E-state index is 0.822. The number of hydrogen-bond acceptors (Lipinski definition) is 3. The molecule has 1 N–H and O–H groups in total. The van der Waals surface area contributed by atoms with E-state index in [2.05, 4.69) is 16.7 Å². The van der Waals surface area contributed by atoms with Crippen molar-refractivity contribution in [3.63, 3.8) is 0 Å². The Labute approximate surface area is 63.0 Å². The van der Waals surface area contributed by atoms with E-state index in [4.69, 9.17) is 5.11 Å². The molecule has 1 unspecified atom stereocenters. The smallest absolute Gasteiger partial charge is 0.332 e. The molecule has 0 bridgehead atoms. The van der Waals surface area contributed by atoms with Crippen molar-refractivity contribution >= 4 is 5.97 Å². The van der Waals surface area contributed by atoms with E-state index in [1.54, 1.807) is 0 Å². The van der Waals surface area contributed by atoms with Crippen molar-refractivity contribution in [2.75, 3.05) is 0 Å². The zero-order valence-corrected chi connectivity index (χ0v) is 5.71. The minimum atomic E-state index is -0.995. The van der Waals surface area contributed by atoms with Gasteiger partial charge in [0.1, 0.15) is 12.7 Å². The van der Waals surface area contributed by atoms with Gasteiger partial charge in [0, 0.05) is 0 Å². The largest absolute Gasteiger partial charge is 0.479 e. The Morgan fingerprint density at radius 3 is 2.91 bits per heavy atom. The van der Waals surface area contributed by atoms with Gasteiger partial charge in [0.05, 0.1) is 0 Å². The van der Waals surface area contributed by atoms with E-state index in [9.17, 15) is 4.79 Å². The maximum Gasteiger partial charge on any atom is 0.332 e. The zero-order chi connectivity index (χ0) is 8.27. The number of carboxylic acid groups (broad SMARTS) is 1. The van der Waals surface area contributed by atoms with Gasteiger partial charge >= 0.3 is 5.97 Å². The molecule has 1 heterocycles. The fourth-order valence-electron chi connectivity index (χ4n) is 0.683. The van der Waals surface area contributed by atoms with E-state index in [1.807, 2.05) is 0 Å². The SMILES string of the molecule is C=CC(C(=O)O)n1cncn1. The average molecular weight is 153 g/mol. The molecular weight excluding hydrogens is 146 g/mol. The Morgan fingerprint density at radius 1 is 1.82 bits per heavy atom. The molecule has 0 spiro atoms. The first-order chi connectivity index (χ1) is 5.25. The van der Waals surface area contributed by atoms with Crippen LogP contribution in [0.5, 0.6) is 0 Å². The Balaban J connectivity index is 2.88. The van der Waals surface area contributed by atoms with Crippen LogP contribution in [0.2, 0.25) is 0 Å². The predicted molar refractivity (Wildman–Crippen MR) is 36.9 cm³/mol. The van der Waals surface area contributed by atoms with Gasteiger partial charge in [0.15, 0.2) is 6.04 Å². The number of aliphatic carboxylic acids is 1. The first kappa shape index (κ1) is 7.46. The zero-order valence-electron chi connectivity index (χ0n) is 5.71. The highest BCUT2D eigenvalue weighted by atomic mass is 16.4. The second-order valence-corrected chi connectivity index (χ2v) is 1.89. The summed E-state index contributed by atoms with van der Waals surface area (Å²) in [5.74, 6) is -0.995. The third-order valence-electron chi connectivity index (χ3n) is 1.20. The number of rotatable bonds is 3. The molecule has 1 aromatic heterocycles. The molecule has 0 fully saturated rings. The number of carboxylic acids is 1. The van der Waals surface area contributed by atoms with E-state index in [-0.39, 0.29) is 0 Å². The molecule has 5 heteroatoms. The van der Waals surface area contributed by atoms with Gasteiger partial charge in [-0.2, -0.15) is 5.10 Å². The van der Waals surface area contributed by atoms with Gasteiger partial charge in [-0.15, -0.1) is 6.58 Å². The highest BCUT2D eigenvalue weighted by molar-refractivity contribution is 5.73. The van der Waals surface area contributed by atoms with Crippen molar-refractivity contribution in [1.29, 1.82) is 0 Å². The third kappa shape index (κ3) is 1.43. The van der Waals surface area contributed by atoms with Crippen molar-refractivity contribution in [2.45, 2.75) is 6.04 Å². The highest BCUT2D eigenvalue weighted by Crippen LogP contribution is 2.03. The Bertz CT molecular complexity index is 255. The fourth-order valence-corrected chi connectivity index (χ4v) is 0.683. The van der Waals surface area contributed by atoms with E-state index in [1.165, 1.54) is 23.4 Å². The molecule has 1 rings (SSSR count). The molecule has 1 atom stereocenters. The van der Waals surface area contributed by atoms with Crippen LogP contribution in [0, 0.1) is 0 Å². The summed E-state index contributed by atoms with van der Waals surface area (Å²) < 4.78 is 1.22. The van der Waals surface area contributed by atoms with Crippen LogP contribution in [0.4, 0.5) is 0 Å². The molecule has 0 aliphatic carbocycles. The molecule has 1 aromatic rings. The first-order valence-electron chi connectivity index (χ1n) is 2.95. The summed E-state index contributed by atoms with van der Waals surface area (Å²) in [7, 11) is 0. The summed E-state index contributed by atoms with van der Waals surface area (Å²) in [6, 6.07) is -0.822. The summed E-state index contributed by atoms with van der Waals surface area (Å²) >= 11 is 0. The molecule has 0 amide bonds. The van der Waals surface area contributed by atoms with Crippen molar-refractivity contribution in [3.05, 3.63) is 25.3 Å². The second-order valence-electron chi connectivity index (χ2n) is 1.89. The summed E-state index contributed by atoms with van der Waals surface area (Å²) in [6.07, 6.45) is 3.90. The van der Waals surface area contributed by atoms with Gasteiger partial charge in [0.25, 0.3) is 0 Å². The monoisotopic (exact) mass is 153 g/mol. The molecule has 0 aliphatic rings. The van der Waals surface area contributed by atoms with Crippen LogP contribution >= 0.6 is 0 Å². The van der Waals surface area contributed by atoms with Crippen LogP contribution in [0.3, 0.4) is 0 Å². The van der Waals surface area contributed by atoms with Crippen molar-refractivity contribution in [1.82, 2.24) is 14.8 Å². The fraction of sp³-hybridized carbons (Fsp3) is 0.167. The summed E-state index contributed by atoms with van der Waals surface area (Å²) in [4.78, 5) is 14.1. The van der Waals surface area contributed by atoms with Crippen molar-refractivity contribution in [3.8, 4) is 0 Å². The normalized spacial score (nSPS) is 12.4. The average Bonchev–Trinajstić information content (AvgIpc) is 2.40. The van der Waals surface area contributed by atoms with Gasteiger partial charge in [0.2, 0.25) is 0 Å². The Kier molecular flexibility index (Phi) is 2.00. The van der Waals surface area contributed by atoms with Crippen LogP contribution in [0.1, 0.15) is 6.04 Å². The standard InChI is InChI=1S/C6H7N3O2/c1-2-5(6(10)11)9-4-7-3-8-9/h2-5H,1H2,(H,10,11). The van der Waals surface area contributed by atoms with E-state index in [0.29, 0.717) is 0 Å². The second kappa shape index (κ2) is 2.96. The van der Waals surface area contributed by atoms with Crippen LogP contribution in [-0.2, 0) is 4.79 Å². The van der Waals surface area contributed by atoms with Crippen molar-refractivity contribution in [2.24, 2.45) is 0 Å². The number of hydrogen-bond donors (Lipinski definition) is 1. The molecule has 58 valence electrons. The van der Waals surface area contributed by atoms with Crippen LogP contribution < -0.4 is 0 Å². The van der Waals surface area contributed by atoms with E-state index in [0.717, 1.165) is 0 Å². The topological polar surface area (TPSA) is 68.0 Å². The van der Waals surface area contributed by atoms with Crippen LogP contribution in [0.15, 0.2) is 25.3 Å². The Hall–Kier alpha value is -1.65. The molecule has 0 radical (unpaired) electrons. The molecule has 11 heavy (non-hydrogen) atoms. The summed E-state index contributed by atoms with van der Waals surface area (Å²) in [6.45, 7) is 3.37. The van der Waals surface area contributed by atoms with E-state index >= 15 is 0 Å². The van der Waals surface area contributed by atoms with Gasteiger partial charge in [-0.05, 0) is 0 Å². The first-order valence-corrected chi connectivity index (χ1v) is 2.95. The van der Waals surface area contributed by atoms with Gasteiger partial charge < -0.3 is 5.11 Å². The molecule has 0 aromatic carbocycles. The third-order valence-corrected chi connectivity index (χ3v) is 1.20. The minimum Gasteiger partial charge on any atom is -0.479 e. The lowest BCUT2D eigenvalue weighted by Crippen LogP contribution is -2.16. The maximum atomic E-state index is 10.5. The number of aromatic nitrogens is 3. The Morgan fingerprint density at radius 2 is 2.55 bits per heavy atom. The van der Waals surface area contributed by atoms with Crippen LogP contribution in [-0.4, -0.2) is 25.8 Å². The lowest BCUT2D eigenvalue weighted by Gasteiger charge is -2.04. The maximum absolute atomic E-state index is 10.5. The van der Waals surface area contributed by atoms with Gasteiger partial charge in [-0.25, -0.2) is 14.5 Å². The molecule has 5 nitrogen and oxygen atoms in total. The van der Waals surface area contributed by atoms with E-state index < -0.39 is 12.0 Å². The summed E-state index contributed by atoms with van der Waals surface area (Å²) in [5, 5.41) is 12.2. The lowest BCUT2D eigenvalue weighted by atomic mass is 10.3.